The second-order valence-corrected chi connectivity index (χ2v) is 8.68. The number of nitrogens with zero attached hydrogens (tertiary/aromatic N) is 5. The Kier molecular flexibility index (Phi) is 5.90. The maximum atomic E-state index is 12.7. The molecule has 7 heteroatoms. The summed E-state index contributed by atoms with van der Waals surface area (Å²) in [6.45, 7) is 8.66. The van der Waals surface area contributed by atoms with Crippen LogP contribution in [0.25, 0.3) is 0 Å². The Morgan fingerprint density at radius 1 is 1.04 bits per heavy atom. The van der Waals surface area contributed by atoms with Crippen molar-refractivity contribution >= 4 is 23.4 Å². The number of benzene rings is 1. The number of hydrogen-bond donors (Lipinski definition) is 0. The van der Waals surface area contributed by atoms with E-state index in [1.54, 1.807) is 0 Å². The number of piperazine rings is 1. The lowest BCUT2D eigenvalue weighted by molar-refractivity contribution is -0.128. The van der Waals surface area contributed by atoms with Crippen LogP contribution in [0, 0.1) is 13.8 Å². The number of aromatic nitrogens is 3. The fraction of sp³-hybridized carbons (Fsp3) is 0.571. The first-order valence-electron chi connectivity index (χ1n) is 10.3. The second kappa shape index (κ2) is 8.55. The maximum absolute atomic E-state index is 12.7. The molecule has 4 rings (SSSR count). The van der Waals surface area contributed by atoms with Gasteiger partial charge in [-0.2, -0.15) is 0 Å². The highest BCUT2D eigenvalue weighted by molar-refractivity contribution is 7.99. The summed E-state index contributed by atoms with van der Waals surface area (Å²) in [7, 11) is 0. The van der Waals surface area contributed by atoms with Crippen molar-refractivity contribution in [2.75, 3.05) is 36.8 Å². The smallest absolute Gasteiger partial charge is 0.233 e. The molecule has 0 unspecified atom stereocenters. The molecule has 2 aliphatic rings. The van der Waals surface area contributed by atoms with Gasteiger partial charge in [0.25, 0.3) is 0 Å². The van der Waals surface area contributed by atoms with E-state index in [2.05, 4.69) is 51.7 Å². The van der Waals surface area contributed by atoms with Crippen molar-refractivity contribution in [3.63, 3.8) is 0 Å². The van der Waals surface area contributed by atoms with Gasteiger partial charge in [0.15, 0.2) is 5.16 Å². The molecule has 1 aromatic carbocycles. The first kappa shape index (κ1) is 19.3. The Bertz CT molecular complexity index is 841. The number of rotatable bonds is 4. The zero-order valence-electron chi connectivity index (χ0n) is 16.9. The van der Waals surface area contributed by atoms with Gasteiger partial charge in [0.1, 0.15) is 5.82 Å². The van der Waals surface area contributed by atoms with E-state index in [0.29, 0.717) is 5.75 Å². The summed E-state index contributed by atoms with van der Waals surface area (Å²) in [5.74, 6) is 1.73. The Morgan fingerprint density at radius 3 is 2.68 bits per heavy atom. The Labute approximate surface area is 171 Å². The fourth-order valence-corrected chi connectivity index (χ4v) is 4.94. The van der Waals surface area contributed by atoms with E-state index >= 15 is 0 Å². The van der Waals surface area contributed by atoms with Crippen molar-refractivity contribution in [3.05, 3.63) is 35.2 Å². The largest absolute Gasteiger partial charge is 0.368 e. The molecule has 1 amide bonds. The van der Waals surface area contributed by atoms with Gasteiger partial charge in [-0.15, -0.1) is 10.2 Å². The van der Waals surface area contributed by atoms with Gasteiger partial charge >= 0.3 is 0 Å². The highest BCUT2D eigenvalue weighted by Crippen LogP contribution is 2.25. The van der Waals surface area contributed by atoms with Crippen molar-refractivity contribution in [2.24, 2.45) is 0 Å². The summed E-state index contributed by atoms with van der Waals surface area (Å²) in [6, 6.07) is 6.46. The minimum atomic E-state index is 0.205. The van der Waals surface area contributed by atoms with E-state index in [0.717, 1.165) is 50.1 Å². The Balaban J connectivity index is 1.31. The van der Waals surface area contributed by atoms with Crippen molar-refractivity contribution in [3.8, 4) is 0 Å². The topological polar surface area (TPSA) is 54.3 Å². The number of fused-ring (bicyclic) bond motifs is 1. The second-order valence-electron chi connectivity index (χ2n) is 7.74. The number of amides is 1. The molecule has 6 nitrogen and oxygen atoms in total. The lowest BCUT2D eigenvalue weighted by atomic mass is 10.1. The van der Waals surface area contributed by atoms with Crippen LogP contribution >= 0.6 is 11.8 Å². The molecule has 0 N–H and O–H groups in total. The van der Waals surface area contributed by atoms with Crippen LogP contribution in [0.4, 0.5) is 5.69 Å². The molecule has 0 spiro atoms. The van der Waals surface area contributed by atoms with Gasteiger partial charge < -0.3 is 14.4 Å². The molecular formula is C21H29N5OS. The summed E-state index contributed by atoms with van der Waals surface area (Å²) in [5.41, 5.74) is 3.96. The SMILES string of the molecule is Cc1cccc(N2CCN(C(=O)CSc3nnc4n3CCCCC4)CC2)c1C. The van der Waals surface area contributed by atoms with Gasteiger partial charge in [-0.05, 0) is 43.9 Å². The van der Waals surface area contributed by atoms with Crippen LogP contribution < -0.4 is 4.90 Å². The van der Waals surface area contributed by atoms with E-state index in [-0.39, 0.29) is 5.91 Å². The first-order valence-corrected chi connectivity index (χ1v) is 11.3. The maximum Gasteiger partial charge on any atom is 0.233 e. The lowest BCUT2D eigenvalue weighted by Gasteiger charge is -2.37. The number of thioether (sulfide) groups is 1. The molecule has 1 saturated heterocycles. The average molecular weight is 400 g/mol. The number of carbonyl (C=O) groups is 1. The molecule has 0 saturated carbocycles. The molecule has 1 fully saturated rings. The zero-order valence-corrected chi connectivity index (χ0v) is 17.7. The van der Waals surface area contributed by atoms with Crippen LogP contribution in [0.5, 0.6) is 0 Å². The van der Waals surface area contributed by atoms with E-state index in [1.807, 2.05) is 4.90 Å². The molecule has 1 aromatic heterocycles. The van der Waals surface area contributed by atoms with E-state index in [9.17, 15) is 4.79 Å². The van der Waals surface area contributed by atoms with E-state index < -0.39 is 0 Å². The van der Waals surface area contributed by atoms with Crippen LogP contribution in [-0.4, -0.2) is 57.5 Å². The van der Waals surface area contributed by atoms with Gasteiger partial charge in [-0.25, -0.2) is 0 Å². The summed E-state index contributed by atoms with van der Waals surface area (Å²) in [5, 5.41) is 9.55. The summed E-state index contributed by atoms with van der Waals surface area (Å²) in [6.07, 6.45) is 4.61. The minimum absolute atomic E-state index is 0.205. The number of aryl methyl sites for hydroxylation is 2. The van der Waals surface area contributed by atoms with Gasteiger partial charge in [0.2, 0.25) is 5.91 Å². The molecule has 0 aliphatic carbocycles. The van der Waals surface area contributed by atoms with Crippen molar-refractivity contribution in [1.82, 2.24) is 19.7 Å². The molecule has 3 heterocycles. The molecule has 2 aliphatic heterocycles. The molecule has 28 heavy (non-hydrogen) atoms. The standard InChI is InChI=1S/C21H29N5OS/c1-16-7-6-8-18(17(16)2)24-11-13-25(14-12-24)20(27)15-28-21-23-22-19-9-4-3-5-10-26(19)21/h6-8H,3-5,9-15H2,1-2H3. The van der Waals surface area contributed by atoms with Crippen LogP contribution in [0.3, 0.4) is 0 Å². The van der Waals surface area contributed by atoms with Gasteiger partial charge in [-0.1, -0.05) is 30.3 Å². The molecule has 0 atom stereocenters. The van der Waals surface area contributed by atoms with Crippen LogP contribution in [0.15, 0.2) is 23.4 Å². The molecule has 150 valence electrons. The van der Waals surface area contributed by atoms with Gasteiger partial charge in [0.05, 0.1) is 5.75 Å². The third kappa shape index (κ3) is 4.04. The van der Waals surface area contributed by atoms with Crippen molar-refractivity contribution in [1.29, 1.82) is 0 Å². The van der Waals surface area contributed by atoms with E-state index in [4.69, 9.17) is 0 Å². The predicted octanol–water partition coefficient (Wildman–Crippen LogP) is 3.06. The Hall–Kier alpha value is -2.02. The quantitative estimate of drug-likeness (QED) is 0.740. The van der Waals surface area contributed by atoms with E-state index in [1.165, 1.54) is 47.8 Å². The van der Waals surface area contributed by atoms with Gasteiger partial charge in [0, 0.05) is 44.8 Å². The van der Waals surface area contributed by atoms with Crippen LogP contribution in [-0.2, 0) is 17.8 Å². The van der Waals surface area contributed by atoms with Crippen molar-refractivity contribution in [2.45, 2.75) is 51.2 Å². The summed E-state index contributed by atoms with van der Waals surface area (Å²) >= 11 is 1.54. The fourth-order valence-electron chi connectivity index (χ4n) is 4.06. The average Bonchev–Trinajstić information content (AvgIpc) is 2.94. The number of hydrogen-bond acceptors (Lipinski definition) is 5. The van der Waals surface area contributed by atoms with Crippen molar-refractivity contribution < 1.29 is 4.79 Å². The summed E-state index contributed by atoms with van der Waals surface area (Å²) in [4.78, 5) is 17.1. The predicted molar refractivity (Wildman–Crippen MR) is 113 cm³/mol. The lowest BCUT2D eigenvalue weighted by Crippen LogP contribution is -2.49. The molecular weight excluding hydrogens is 370 g/mol. The number of carbonyl (C=O) groups excluding carboxylic acids is 1. The third-order valence-electron chi connectivity index (χ3n) is 5.95. The zero-order chi connectivity index (χ0) is 19.5. The van der Waals surface area contributed by atoms with Crippen LogP contribution in [0.1, 0.15) is 36.2 Å². The molecule has 2 aromatic rings. The first-order chi connectivity index (χ1) is 13.6. The van der Waals surface area contributed by atoms with Gasteiger partial charge in [-0.3, -0.25) is 4.79 Å². The minimum Gasteiger partial charge on any atom is -0.368 e. The third-order valence-corrected chi connectivity index (χ3v) is 6.90. The Morgan fingerprint density at radius 2 is 1.86 bits per heavy atom. The monoisotopic (exact) mass is 399 g/mol. The number of anilines is 1. The normalized spacial score (nSPS) is 17.4. The highest BCUT2D eigenvalue weighted by Gasteiger charge is 2.23. The summed E-state index contributed by atoms with van der Waals surface area (Å²) < 4.78 is 2.21. The van der Waals surface area contributed by atoms with Crippen LogP contribution in [0.2, 0.25) is 0 Å². The molecule has 0 bridgehead atoms. The highest BCUT2D eigenvalue weighted by atomic mass is 32.2. The molecule has 0 radical (unpaired) electrons.